The number of rotatable bonds is 2. The molecule has 1 saturated carbocycles. The molecule has 4 nitrogen and oxygen atoms in total. The normalized spacial score (nSPS) is 21.1. The summed E-state index contributed by atoms with van der Waals surface area (Å²) in [4.78, 5) is 13.4. The molecule has 2 aromatic rings. The van der Waals surface area contributed by atoms with Crippen molar-refractivity contribution in [2.24, 2.45) is 0 Å². The number of benzene rings is 1. The summed E-state index contributed by atoms with van der Waals surface area (Å²) in [6.07, 6.45) is 5.30. The van der Waals surface area contributed by atoms with Crippen molar-refractivity contribution in [1.82, 2.24) is 14.9 Å². The maximum absolute atomic E-state index is 4.91. The van der Waals surface area contributed by atoms with Gasteiger partial charge in [0.2, 0.25) is 0 Å². The van der Waals surface area contributed by atoms with Crippen LogP contribution in [-0.4, -0.2) is 48.1 Å². The first-order valence-corrected chi connectivity index (χ1v) is 8.64. The van der Waals surface area contributed by atoms with E-state index in [-0.39, 0.29) is 0 Å². The summed E-state index contributed by atoms with van der Waals surface area (Å²) in [5.41, 5.74) is 5.03. The molecule has 0 atom stereocenters. The molecule has 1 N–H and O–H groups in total. The van der Waals surface area contributed by atoms with Gasteiger partial charge in [0, 0.05) is 37.8 Å². The predicted octanol–water partition coefficient (Wildman–Crippen LogP) is 3.28. The van der Waals surface area contributed by atoms with Crippen molar-refractivity contribution >= 4 is 16.7 Å². The molecule has 1 aliphatic heterocycles. The second-order valence-corrected chi connectivity index (χ2v) is 7.05. The van der Waals surface area contributed by atoms with Crippen LogP contribution in [0.25, 0.3) is 11.0 Å². The molecule has 118 valence electrons. The van der Waals surface area contributed by atoms with Crippen LogP contribution >= 0.6 is 0 Å². The molecule has 1 aromatic heterocycles. The first kappa shape index (κ1) is 14.1. The Morgan fingerprint density at radius 2 is 1.82 bits per heavy atom. The summed E-state index contributed by atoms with van der Waals surface area (Å²) >= 11 is 0. The largest absolute Gasteiger partial charge is 0.369 e. The van der Waals surface area contributed by atoms with E-state index in [9.17, 15) is 0 Å². The molecule has 1 saturated heterocycles. The quantitative estimate of drug-likeness (QED) is 0.924. The number of imidazole rings is 1. The van der Waals surface area contributed by atoms with Crippen LogP contribution in [0.3, 0.4) is 0 Å². The van der Waals surface area contributed by atoms with Gasteiger partial charge < -0.3 is 14.8 Å². The van der Waals surface area contributed by atoms with E-state index in [1.54, 1.807) is 0 Å². The van der Waals surface area contributed by atoms with Crippen LogP contribution in [0, 0.1) is 6.92 Å². The second kappa shape index (κ2) is 5.58. The van der Waals surface area contributed by atoms with Gasteiger partial charge in [0.1, 0.15) is 5.82 Å². The summed E-state index contributed by atoms with van der Waals surface area (Å²) in [6.45, 7) is 6.72. The van der Waals surface area contributed by atoms with Crippen LogP contribution in [0.2, 0.25) is 0 Å². The number of hydrogen-bond donors (Lipinski definition) is 1. The second-order valence-electron chi connectivity index (χ2n) is 7.05. The summed E-state index contributed by atoms with van der Waals surface area (Å²) in [5, 5.41) is 0. The van der Waals surface area contributed by atoms with Crippen molar-refractivity contribution in [3.05, 3.63) is 23.5 Å². The maximum atomic E-state index is 4.91. The number of nitrogens with zero attached hydrogens (tertiary/aromatic N) is 3. The first-order valence-electron chi connectivity index (χ1n) is 8.64. The molecular formula is C18H26N4. The van der Waals surface area contributed by atoms with Crippen molar-refractivity contribution < 1.29 is 0 Å². The summed E-state index contributed by atoms with van der Waals surface area (Å²) in [7, 11) is 2.20. The van der Waals surface area contributed by atoms with Crippen LogP contribution in [0.15, 0.2) is 12.1 Å². The minimum Gasteiger partial charge on any atom is -0.369 e. The fourth-order valence-corrected chi connectivity index (χ4v) is 3.93. The Morgan fingerprint density at radius 1 is 1.09 bits per heavy atom. The molecule has 0 spiro atoms. The van der Waals surface area contributed by atoms with Crippen molar-refractivity contribution in [3.63, 3.8) is 0 Å². The fourth-order valence-electron chi connectivity index (χ4n) is 3.93. The van der Waals surface area contributed by atoms with Gasteiger partial charge in [0.25, 0.3) is 0 Å². The Kier molecular flexibility index (Phi) is 3.57. The average Bonchev–Trinajstić information content (AvgIpc) is 3.17. The number of likely N-dealkylation sites (N-methyl/N-ethyl adjacent to an activating group) is 1. The maximum Gasteiger partial charge on any atom is 0.110 e. The van der Waals surface area contributed by atoms with Crippen molar-refractivity contribution in [3.8, 4) is 0 Å². The molecule has 22 heavy (non-hydrogen) atoms. The van der Waals surface area contributed by atoms with Gasteiger partial charge in [0.05, 0.1) is 11.0 Å². The number of nitrogens with one attached hydrogen (secondary N) is 1. The van der Waals surface area contributed by atoms with E-state index >= 15 is 0 Å². The highest BCUT2D eigenvalue weighted by Gasteiger charge is 2.21. The molecule has 0 unspecified atom stereocenters. The van der Waals surface area contributed by atoms with Gasteiger partial charge >= 0.3 is 0 Å². The van der Waals surface area contributed by atoms with Crippen molar-refractivity contribution in [2.75, 3.05) is 38.1 Å². The number of aromatic nitrogens is 2. The number of hydrogen-bond acceptors (Lipinski definition) is 3. The highest BCUT2D eigenvalue weighted by Crippen LogP contribution is 2.34. The van der Waals surface area contributed by atoms with Crippen molar-refractivity contribution in [2.45, 2.75) is 38.5 Å². The lowest BCUT2D eigenvalue weighted by atomic mass is 10.1. The Bertz CT molecular complexity index is 661. The third kappa shape index (κ3) is 2.50. The lowest BCUT2D eigenvalue weighted by Crippen LogP contribution is -2.44. The molecule has 2 fully saturated rings. The number of piperazine rings is 1. The predicted molar refractivity (Wildman–Crippen MR) is 91.7 cm³/mol. The highest BCUT2D eigenvalue weighted by atomic mass is 15.2. The first-order chi connectivity index (χ1) is 10.7. The third-order valence-corrected chi connectivity index (χ3v) is 5.39. The number of aromatic amines is 1. The van der Waals surface area contributed by atoms with Gasteiger partial charge in [-0.25, -0.2) is 4.98 Å². The van der Waals surface area contributed by atoms with Crippen LogP contribution in [0.5, 0.6) is 0 Å². The van der Waals surface area contributed by atoms with Gasteiger partial charge in [-0.3, -0.25) is 0 Å². The minimum absolute atomic E-state index is 0.652. The zero-order valence-electron chi connectivity index (χ0n) is 13.7. The van der Waals surface area contributed by atoms with Gasteiger partial charge in [-0.1, -0.05) is 12.8 Å². The smallest absolute Gasteiger partial charge is 0.110 e. The molecular weight excluding hydrogens is 272 g/mol. The molecule has 0 radical (unpaired) electrons. The van der Waals surface area contributed by atoms with E-state index in [4.69, 9.17) is 4.98 Å². The average molecular weight is 298 g/mol. The van der Waals surface area contributed by atoms with Crippen LogP contribution in [0.1, 0.15) is 43.0 Å². The van der Waals surface area contributed by atoms with Crippen LogP contribution in [-0.2, 0) is 0 Å². The standard InChI is InChI=1S/C18H26N4/c1-13-11-15(22-9-7-21(2)8-10-22)12-16-17(13)20-18(19-16)14-5-3-4-6-14/h11-12,14H,3-10H2,1-2H3,(H,19,20). The molecule has 0 amide bonds. The SMILES string of the molecule is Cc1cc(N2CCN(C)CC2)cc2[nH]c(C3CCCC3)nc12. The van der Waals surface area contributed by atoms with E-state index in [0.29, 0.717) is 5.92 Å². The molecule has 1 aromatic carbocycles. The number of aryl methyl sites for hydroxylation is 1. The van der Waals surface area contributed by atoms with Crippen molar-refractivity contribution in [1.29, 1.82) is 0 Å². The van der Waals surface area contributed by atoms with Crippen LogP contribution < -0.4 is 4.90 Å². The van der Waals surface area contributed by atoms with E-state index in [2.05, 4.69) is 40.9 Å². The minimum atomic E-state index is 0.652. The van der Waals surface area contributed by atoms with Gasteiger partial charge in [-0.05, 0) is 44.5 Å². The number of fused-ring (bicyclic) bond motifs is 1. The Morgan fingerprint density at radius 3 is 2.55 bits per heavy atom. The summed E-state index contributed by atoms with van der Waals surface area (Å²) in [5.74, 6) is 1.87. The zero-order valence-corrected chi connectivity index (χ0v) is 13.7. The Labute approximate surface area is 132 Å². The molecule has 1 aliphatic carbocycles. The van der Waals surface area contributed by atoms with E-state index in [1.165, 1.54) is 53.8 Å². The molecule has 0 bridgehead atoms. The van der Waals surface area contributed by atoms with E-state index < -0.39 is 0 Å². The topological polar surface area (TPSA) is 35.2 Å². The number of anilines is 1. The fraction of sp³-hybridized carbons (Fsp3) is 0.611. The lowest BCUT2D eigenvalue weighted by Gasteiger charge is -2.34. The summed E-state index contributed by atoms with van der Waals surface area (Å²) in [6, 6.07) is 4.62. The van der Waals surface area contributed by atoms with E-state index in [1.807, 2.05) is 0 Å². The Balaban J connectivity index is 1.66. The Hall–Kier alpha value is -1.55. The van der Waals surface area contributed by atoms with Gasteiger partial charge in [-0.2, -0.15) is 0 Å². The number of H-pyrrole nitrogens is 1. The molecule has 2 heterocycles. The third-order valence-electron chi connectivity index (χ3n) is 5.39. The summed E-state index contributed by atoms with van der Waals surface area (Å²) < 4.78 is 0. The van der Waals surface area contributed by atoms with Gasteiger partial charge in [0.15, 0.2) is 0 Å². The van der Waals surface area contributed by atoms with Gasteiger partial charge in [-0.15, -0.1) is 0 Å². The molecule has 4 heteroatoms. The zero-order chi connectivity index (χ0) is 15.1. The lowest BCUT2D eigenvalue weighted by molar-refractivity contribution is 0.313. The molecule has 2 aliphatic rings. The van der Waals surface area contributed by atoms with Crippen LogP contribution in [0.4, 0.5) is 5.69 Å². The molecule has 4 rings (SSSR count). The highest BCUT2D eigenvalue weighted by molar-refractivity contribution is 5.83. The van der Waals surface area contributed by atoms with E-state index in [0.717, 1.165) is 26.2 Å². The monoisotopic (exact) mass is 298 g/mol.